The number of aromatic nitrogens is 2. The van der Waals surface area contributed by atoms with E-state index in [-0.39, 0.29) is 6.54 Å². The smallest absolute Gasteiger partial charge is 0.325 e. The molecule has 0 aliphatic carbocycles. The number of alkyl halides is 3. The van der Waals surface area contributed by atoms with Gasteiger partial charge in [-0.15, -0.1) is 0 Å². The Morgan fingerprint density at radius 2 is 1.84 bits per heavy atom. The van der Waals surface area contributed by atoms with Gasteiger partial charge in [0.05, 0.1) is 11.4 Å². The van der Waals surface area contributed by atoms with Crippen molar-refractivity contribution in [2.45, 2.75) is 26.6 Å². The van der Waals surface area contributed by atoms with Crippen molar-refractivity contribution in [3.63, 3.8) is 0 Å². The van der Waals surface area contributed by atoms with Crippen LogP contribution in [0.4, 0.5) is 13.2 Å². The van der Waals surface area contributed by atoms with E-state index in [1.165, 1.54) is 4.68 Å². The van der Waals surface area contributed by atoms with Gasteiger partial charge >= 0.3 is 6.18 Å². The maximum Gasteiger partial charge on any atom is 0.435 e. The second-order valence-corrected chi connectivity index (χ2v) is 4.40. The average Bonchev–Trinajstić information content (AvgIpc) is 2.76. The van der Waals surface area contributed by atoms with Crippen LogP contribution in [0.1, 0.15) is 22.5 Å². The van der Waals surface area contributed by atoms with Crippen LogP contribution >= 0.6 is 0 Å². The lowest BCUT2D eigenvalue weighted by atomic mass is 10.1. The molecule has 0 unspecified atom stereocenters. The summed E-state index contributed by atoms with van der Waals surface area (Å²) in [6, 6.07) is 6.35. The Morgan fingerprint density at radius 1 is 1.16 bits per heavy atom. The molecule has 0 aliphatic rings. The largest absolute Gasteiger partial charge is 0.435 e. The summed E-state index contributed by atoms with van der Waals surface area (Å²) in [5.74, 6) is 0. The SMILES string of the molecule is Cc1ccc(-n2nc(C(F)(F)F)cc2CN)cc1C. The van der Waals surface area contributed by atoms with Crippen LogP contribution < -0.4 is 5.73 Å². The monoisotopic (exact) mass is 269 g/mol. The molecule has 1 heterocycles. The van der Waals surface area contributed by atoms with Gasteiger partial charge in [0, 0.05) is 6.54 Å². The predicted molar refractivity (Wildman–Crippen MR) is 65.9 cm³/mol. The Balaban J connectivity index is 2.54. The maximum absolute atomic E-state index is 12.7. The van der Waals surface area contributed by atoms with Crippen LogP contribution in [-0.2, 0) is 12.7 Å². The minimum Gasteiger partial charge on any atom is -0.325 e. The summed E-state index contributed by atoms with van der Waals surface area (Å²) in [5.41, 5.74) is 7.53. The van der Waals surface area contributed by atoms with Crippen LogP contribution in [0.5, 0.6) is 0 Å². The van der Waals surface area contributed by atoms with Crippen molar-refractivity contribution in [2.24, 2.45) is 5.73 Å². The van der Waals surface area contributed by atoms with Gasteiger partial charge in [0.15, 0.2) is 5.69 Å². The summed E-state index contributed by atoms with van der Waals surface area (Å²) in [4.78, 5) is 0. The first kappa shape index (κ1) is 13.6. The maximum atomic E-state index is 12.7. The normalized spacial score (nSPS) is 11.9. The third-order valence-corrected chi connectivity index (χ3v) is 3.02. The van der Waals surface area contributed by atoms with Crippen LogP contribution in [0.15, 0.2) is 24.3 Å². The lowest BCUT2D eigenvalue weighted by Crippen LogP contribution is -2.09. The van der Waals surface area contributed by atoms with E-state index in [1.807, 2.05) is 19.9 Å². The summed E-state index contributed by atoms with van der Waals surface area (Å²) >= 11 is 0. The summed E-state index contributed by atoms with van der Waals surface area (Å²) in [5, 5.41) is 3.60. The van der Waals surface area contributed by atoms with Crippen molar-refractivity contribution in [3.8, 4) is 5.69 Å². The number of hydrogen-bond donors (Lipinski definition) is 1. The molecular formula is C13H14F3N3. The molecule has 1 aromatic heterocycles. The molecule has 0 spiro atoms. The van der Waals surface area contributed by atoms with Gasteiger partial charge in [0.2, 0.25) is 0 Å². The van der Waals surface area contributed by atoms with Crippen molar-refractivity contribution >= 4 is 0 Å². The molecule has 102 valence electrons. The van der Waals surface area contributed by atoms with Crippen molar-refractivity contribution in [1.29, 1.82) is 0 Å². The van der Waals surface area contributed by atoms with Crippen molar-refractivity contribution in [2.75, 3.05) is 0 Å². The molecule has 0 saturated heterocycles. The molecule has 0 saturated carbocycles. The lowest BCUT2D eigenvalue weighted by molar-refractivity contribution is -0.141. The van der Waals surface area contributed by atoms with Crippen molar-refractivity contribution < 1.29 is 13.2 Å². The summed E-state index contributed by atoms with van der Waals surface area (Å²) in [7, 11) is 0. The zero-order valence-electron chi connectivity index (χ0n) is 10.6. The van der Waals surface area contributed by atoms with Crippen molar-refractivity contribution in [3.05, 3.63) is 46.8 Å². The van der Waals surface area contributed by atoms with Crippen LogP contribution in [0, 0.1) is 13.8 Å². The third kappa shape index (κ3) is 2.63. The fourth-order valence-corrected chi connectivity index (χ4v) is 1.78. The van der Waals surface area contributed by atoms with Crippen LogP contribution in [0.2, 0.25) is 0 Å². The number of rotatable bonds is 2. The zero-order chi connectivity index (χ0) is 14.2. The standard InChI is InChI=1S/C13H14F3N3/c1-8-3-4-10(5-9(8)2)19-11(7-17)6-12(18-19)13(14,15)16/h3-6H,7,17H2,1-2H3. The Labute approximate surface area is 108 Å². The quantitative estimate of drug-likeness (QED) is 0.910. The number of nitrogens with zero attached hydrogens (tertiary/aromatic N) is 2. The molecular weight excluding hydrogens is 255 g/mol. The minimum absolute atomic E-state index is 0.00396. The fraction of sp³-hybridized carbons (Fsp3) is 0.308. The minimum atomic E-state index is -4.46. The topological polar surface area (TPSA) is 43.8 Å². The summed E-state index contributed by atoms with van der Waals surface area (Å²) < 4.78 is 39.2. The molecule has 2 N–H and O–H groups in total. The van der Waals surface area contributed by atoms with E-state index < -0.39 is 11.9 Å². The number of halogens is 3. The van der Waals surface area contributed by atoms with Gasteiger partial charge in [-0.1, -0.05) is 6.07 Å². The van der Waals surface area contributed by atoms with E-state index in [9.17, 15) is 13.2 Å². The average molecular weight is 269 g/mol. The van der Waals surface area contributed by atoms with Crippen LogP contribution in [-0.4, -0.2) is 9.78 Å². The molecule has 6 heteroatoms. The Morgan fingerprint density at radius 3 is 2.37 bits per heavy atom. The first-order chi connectivity index (χ1) is 8.82. The van der Waals surface area contributed by atoms with E-state index >= 15 is 0 Å². The molecule has 0 atom stereocenters. The fourth-order valence-electron chi connectivity index (χ4n) is 1.78. The van der Waals surface area contributed by atoms with Gasteiger partial charge in [0.25, 0.3) is 0 Å². The third-order valence-electron chi connectivity index (χ3n) is 3.02. The highest BCUT2D eigenvalue weighted by Crippen LogP contribution is 2.29. The highest BCUT2D eigenvalue weighted by molar-refractivity contribution is 5.40. The van der Waals surface area contributed by atoms with Gasteiger partial charge in [0.1, 0.15) is 0 Å². The molecule has 0 aliphatic heterocycles. The Hall–Kier alpha value is -1.82. The van der Waals surface area contributed by atoms with Crippen LogP contribution in [0.25, 0.3) is 5.69 Å². The lowest BCUT2D eigenvalue weighted by Gasteiger charge is -2.08. The van der Waals surface area contributed by atoms with E-state index in [0.29, 0.717) is 11.4 Å². The summed E-state index contributed by atoms with van der Waals surface area (Å²) in [6.45, 7) is 3.83. The highest BCUT2D eigenvalue weighted by Gasteiger charge is 2.34. The second-order valence-electron chi connectivity index (χ2n) is 4.40. The molecule has 0 fully saturated rings. The molecule has 0 bridgehead atoms. The molecule has 2 rings (SSSR count). The predicted octanol–water partition coefficient (Wildman–Crippen LogP) is 2.97. The Bertz CT molecular complexity index is 600. The molecule has 0 amide bonds. The first-order valence-electron chi connectivity index (χ1n) is 5.76. The van der Waals surface area contributed by atoms with E-state index in [2.05, 4.69) is 5.10 Å². The van der Waals surface area contributed by atoms with Gasteiger partial charge in [-0.05, 0) is 43.2 Å². The highest BCUT2D eigenvalue weighted by atomic mass is 19.4. The molecule has 3 nitrogen and oxygen atoms in total. The van der Waals surface area contributed by atoms with E-state index in [4.69, 9.17) is 5.73 Å². The van der Waals surface area contributed by atoms with Gasteiger partial charge in [-0.25, -0.2) is 4.68 Å². The number of hydrogen-bond acceptors (Lipinski definition) is 2. The Kier molecular flexibility index (Phi) is 3.36. The number of aryl methyl sites for hydroxylation is 2. The summed E-state index contributed by atoms with van der Waals surface area (Å²) in [6.07, 6.45) is -4.46. The van der Waals surface area contributed by atoms with Gasteiger partial charge in [-0.3, -0.25) is 0 Å². The second kappa shape index (κ2) is 4.70. The van der Waals surface area contributed by atoms with Gasteiger partial charge in [-0.2, -0.15) is 18.3 Å². The van der Waals surface area contributed by atoms with E-state index in [0.717, 1.165) is 17.2 Å². The van der Waals surface area contributed by atoms with Crippen molar-refractivity contribution in [1.82, 2.24) is 9.78 Å². The zero-order valence-corrected chi connectivity index (χ0v) is 10.6. The molecule has 1 aromatic carbocycles. The van der Waals surface area contributed by atoms with Crippen LogP contribution in [0.3, 0.4) is 0 Å². The van der Waals surface area contributed by atoms with Gasteiger partial charge < -0.3 is 5.73 Å². The number of benzene rings is 1. The van der Waals surface area contributed by atoms with E-state index in [1.54, 1.807) is 12.1 Å². The first-order valence-corrected chi connectivity index (χ1v) is 5.76. The molecule has 0 radical (unpaired) electrons. The number of nitrogens with two attached hydrogens (primary N) is 1. The molecule has 2 aromatic rings. The molecule has 19 heavy (non-hydrogen) atoms.